The van der Waals surface area contributed by atoms with Gasteiger partial charge in [-0.15, -0.1) is 12.4 Å². The Bertz CT molecular complexity index is 717. The minimum atomic E-state index is 0. The van der Waals surface area contributed by atoms with Gasteiger partial charge in [-0.05, 0) is 42.5 Å². The van der Waals surface area contributed by atoms with E-state index < -0.39 is 0 Å². The second-order valence-electron chi connectivity index (χ2n) is 6.51. The second-order valence-corrected chi connectivity index (χ2v) is 6.51. The van der Waals surface area contributed by atoms with Crippen molar-refractivity contribution in [2.75, 3.05) is 25.0 Å². The lowest BCUT2D eigenvalue weighted by Gasteiger charge is -2.23. The Labute approximate surface area is 149 Å². The third-order valence-electron chi connectivity index (χ3n) is 5.07. The SMILES string of the molecule is Cl.O=C(c1cccc2c1CCCN2)N1CCC(c2ccccc2)C1. The van der Waals surface area contributed by atoms with Crippen LogP contribution in [0.5, 0.6) is 0 Å². The largest absolute Gasteiger partial charge is 0.385 e. The monoisotopic (exact) mass is 342 g/mol. The van der Waals surface area contributed by atoms with Crippen LogP contribution in [0.3, 0.4) is 0 Å². The molecule has 3 nitrogen and oxygen atoms in total. The highest BCUT2D eigenvalue weighted by atomic mass is 35.5. The van der Waals surface area contributed by atoms with Gasteiger partial charge in [0.2, 0.25) is 0 Å². The first-order valence-corrected chi connectivity index (χ1v) is 8.53. The number of nitrogens with one attached hydrogen (secondary N) is 1. The van der Waals surface area contributed by atoms with Gasteiger partial charge in [-0.2, -0.15) is 0 Å². The Balaban J connectivity index is 0.00000169. The number of benzene rings is 2. The fourth-order valence-corrected chi connectivity index (χ4v) is 3.82. The number of hydrogen-bond donors (Lipinski definition) is 1. The Morgan fingerprint density at radius 1 is 1.08 bits per heavy atom. The van der Waals surface area contributed by atoms with Crippen molar-refractivity contribution in [3.8, 4) is 0 Å². The number of nitrogens with zero attached hydrogens (tertiary/aromatic N) is 1. The molecule has 2 aliphatic heterocycles. The molecule has 1 unspecified atom stereocenters. The van der Waals surface area contributed by atoms with Gasteiger partial charge in [0, 0.05) is 36.8 Å². The van der Waals surface area contributed by atoms with Gasteiger partial charge in [-0.1, -0.05) is 36.4 Å². The van der Waals surface area contributed by atoms with Crippen molar-refractivity contribution in [2.24, 2.45) is 0 Å². The van der Waals surface area contributed by atoms with Crippen molar-refractivity contribution >= 4 is 24.0 Å². The summed E-state index contributed by atoms with van der Waals surface area (Å²) in [5.41, 5.74) is 4.58. The third-order valence-corrected chi connectivity index (χ3v) is 5.07. The van der Waals surface area contributed by atoms with E-state index in [0.717, 1.165) is 50.1 Å². The summed E-state index contributed by atoms with van der Waals surface area (Å²) in [5.74, 6) is 0.668. The van der Waals surface area contributed by atoms with Gasteiger partial charge >= 0.3 is 0 Å². The van der Waals surface area contributed by atoms with Gasteiger partial charge in [-0.3, -0.25) is 4.79 Å². The van der Waals surface area contributed by atoms with E-state index >= 15 is 0 Å². The summed E-state index contributed by atoms with van der Waals surface area (Å²) in [5, 5.41) is 3.41. The van der Waals surface area contributed by atoms with E-state index in [-0.39, 0.29) is 18.3 Å². The lowest BCUT2D eigenvalue weighted by Crippen LogP contribution is -2.30. The molecule has 2 heterocycles. The minimum Gasteiger partial charge on any atom is -0.385 e. The normalized spacial score (nSPS) is 19.2. The zero-order chi connectivity index (χ0) is 15.6. The number of anilines is 1. The summed E-state index contributed by atoms with van der Waals surface area (Å²) < 4.78 is 0. The highest BCUT2D eigenvalue weighted by Crippen LogP contribution is 2.31. The minimum absolute atomic E-state index is 0. The average molecular weight is 343 g/mol. The van der Waals surface area contributed by atoms with Crippen LogP contribution in [-0.4, -0.2) is 30.4 Å². The van der Waals surface area contributed by atoms with E-state index in [9.17, 15) is 4.79 Å². The van der Waals surface area contributed by atoms with Gasteiger partial charge in [0.1, 0.15) is 0 Å². The van der Waals surface area contributed by atoms with E-state index in [4.69, 9.17) is 0 Å². The molecule has 4 rings (SSSR count). The smallest absolute Gasteiger partial charge is 0.254 e. The Kier molecular flexibility index (Phi) is 5.10. The van der Waals surface area contributed by atoms with Gasteiger partial charge in [0.25, 0.3) is 5.91 Å². The first-order chi connectivity index (χ1) is 11.3. The fraction of sp³-hybridized carbons (Fsp3) is 0.350. The molecule has 1 saturated heterocycles. The molecule has 0 aliphatic carbocycles. The molecule has 0 spiro atoms. The number of rotatable bonds is 2. The molecule has 1 fully saturated rings. The maximum Gasteiger partial charge on any atom is 0.254 e. The van der Waals surface area contributed by atoms with Crippen LogP contribution in [0.2, 0.25) is 0 Å². The summed E-state index contributed by atoms with van der Waals surface area (Å²) in [6.07, 6.45) is 3.16. The first kappa shape index (κ1) is 16.8. The Hall–Kier alpha value is -2.00. The molecule has 1 atom stereocenters. The molecule has 126 valence electrons. The lowest BCUT2D eigenvalue weighted by molar-refractivity contribution is 0.0789. The van der Waals surface area contributed by atoms with Crippen LogP contribution in [0.15, 0.2) is 48.5 Å². The Morgan fingerprint density at radius 2 is 1.92 bits per heavy atom. The molecule has 4 heteroatoms. The summed E-state index contributed by atoms with van der Waals surface area (Å²) in [4.78, 5) is 15.0. The maximum absolute atomic E-state index is 13.0. The van der Waals surface area contributed by atoms with Crippen LogP contribution in [0.1, 0.15) is 40.2 Å². The van der Waals surface area contributed by atoms with E-state index in [1.165, 1.54) is 11.1 Å². The summed E-state index contributed by atoms with van der Waals surface area (Å²) >= 11 is 0. The molecule has 0 saturated carbocycles. The molecule has 0 bridgehead atoms. The lowest BCUT2D eigenvalue weighted by atomic mass is 9.96. The van der Waals surface area contributed by atoms with Crippen molar-refractivity contribution in [3.05, 3.63) is 65.2 Å². The molecular weight excluding hydrogens is 320 g/mol. The number of fused-ring (bicyclic) bond motifs is 1. The van der Waals surface area contributed by atoms with Gasteiger partial charge in [0.05, 0.1) is 0 Å². The molecule has 2 aliphatic rings. The van der Waals surface area contributed by atoms with E-state index in [0.29, 0.717) is 5.92 Å². The van der Waals surface area contributed by atoms with Crippen LogP contribution >= 0.6 is 12.4 Å². The Morgan fingerprint density at radius 3 is 2.75 bits per heavy atom. The summed E-state index contributed by atoms with van der Waals surface area (Å²) in [6.45, 7) is 2.69. The van der Waals surface area contributed by atoms with E-state index in [1.54, 1.807) is 0 Å². The highest BCUT2D eigenvalue weighted by Gasteiger charge is 2.29. The summed E-state index contributed by atoms with van der Waals surface area (Å²) in [6, 6.07) is 16.6. The van der Waals surface area contributed by atoms with E-state index in [2.05, 4.69) is 35.6 Å². The number of amides is 1. The van der Waals surface area contributed by atoms with Gasteiger partial charge < -0.3 is 10.2 Å². The van der Waals surface area contributed by atoms with Crippen LogP contribution in [0.4, 0.5) is 5.69 Å². The van der Waals surface area contributed by atoms with Crippen molar-refractivity contribution < 1.29 is 4.79 Å². The molecular formula is C20H23ClN2O. The molecule has 0 radical (unpaired) electrons. The molecule has 24 heavy (non-hydrogen) atoms. The zero-order valence-corrected chi connectivity index (χ0v) is 14.5. The highest BCUT2D eigenvalue weighted by molar-refractivity contribution is 5.97. The second kappa shape index (κ2) is 7.27. The number of carbonyl (C=O) groups is 1. The van der Waals surface area contributed by atoms with Crippen LogP contribution in [0.25, 0.3) is 0 Å². The number of hydrogen-bond acceptors (Lipinski definition) is 2. The predicted octanol–water partition coefficient (Wildman–Crippen LogP) is 4.10. The van der Waals surface area contributed by atoms with Crippen LogP contribution in [0, 0.1) is 0 Å². The van der Waals surface area contributed by atoms with Gasteiger partial charge in [0.15, 0.2) is 0 Å². The number of carbonyl (C=O) groups excluding carboxylic acids is 1. The van der Waals surface area contributed by atoms with E-state index in [1.807, 2.05) is 23.1 Å². The summed E-state index contributed by atoms with van der Waals surface area (Å²) in [7, 11) is 0. The predicted molar refractivity (Wildman–Crippen MR) is 100 cm³/mol. The topological polar surface area (TPSA) is 32.3 Å². The maximum atomic E-state index is 13.0. The third kappa shape index (κ3) is 3.13. The van der Waals surface area contributed by atoms with Crippen LogP contribution < -0.4 is 5.32 Å². The molecule has 0 aromatic heterocycles. The first-order valence-electron chi connectivity index (χ1n) is 8.53. The number of halogens is 1. The molecule has 2 aromatic rings. The standard InChI is InChI=1S/C20H22N2O.ClH/c23-20(18-8-4-10-19-17(18)9-5-12-21-19)22-13-11-16(14-22)15-6-2-1-3-7-15;/h1-4,6-8,10,16,21H,5,9,11-14H2;1H. The van der Waals surface area contributed by atoms with Crippen molar-refractivity contribution in [1.29, 1.82) is 0 Å². The van der Waals surface area contributed by atoms with Crippen molar-refractivity contribution in [3.63, 3.8) is 0 Å². The van der Waals surface area contributed by atoms with Crippen LogP contribution in [-0.2, 0) is 6.42 Å². The average Bonchev–Trinajstić information content (AvgIpc) is 3.11. The van der Waals surface area contributed by atoms with Gasteiger partial charge in [-0.25, -0.2) is 0 Å². The molecule has 2 aromatic carbocycles. The van der Waals surface area contributed by atoms with Crippen molar-refractivity contribution in [2.45, 2.75) is 25.2 Å². The molecule has 1 N–H and O–H groups in total. The molecule has 1 amide bonds. The van der Waals surface area contributed by atoms with Crippen molar-refractivity contribution in [1.82, 2.24) is 4.90 Å². The quantitative estimate of drug-likeness (QED) is 0.891. The fourth-order valence-electron chi connectivity index (χ4n) is 3.82. The zero-order valence-electron chi connectivity index (χ0n) is 13.7. The number of likely N-dealkylation sites (tertiary alicyclic amines) is 1.